The average molecular weight is 562 g/mol. The van der Waals surface area contributed by atoms with Crippen LogP contribution in [0.3, 0.4) is 0 Å². The lowest BCUT2D eigenvalue weighted by molar-refractivity contribution is -0.142. The Balaban J connectivity index is 1.52. The Kier molecular flexibility index (Phi) is 11.2. The third-order valence-corrected chi connectivity index (χ3v) is 9.13. The number of ether oxygens (including phenoxy) is 1. The highest BCUT2D eigenvalue weighted by molar-refractivity contribution is 7.99. The lowest BCUT2D eigenvalue weighted by Gasteiger charge is -2.25. The van der Waals surface area contributed by atoms with Gasteiger partial charge in [-0.25, -0.2) is 13.2 Å². The molecular weight excluding hydrogens is 526 g/mol. The van der Waals surface area contributed by atoms with Gasteiger partial charge >= 0.3 is 5.97 Å². The van der Waals surface area contributed by atoms with Crippen LogP contribution in [-0.4, -0.2) is 72.2 Å². The molecule has 0 aliphatic carbocycles. The first-order chi connectivity index (χ1) is 18.2. The quantitative estimate of drug-likeness (QED) is 0.223. The largest absolute Gasteiger partial charge is 0.493 e. The van der Waals surface area contributed by atoms with Crippen molar-refractivity contribution in [2.24, 2.45) is 0 Å². The number of rotatable bonds is 15. The Morgan fingerprint density at radius 2 is 1.87 bits per heavy atom. The van der Waals surface area contributed by atoms with E-state index in [0.29, 0.717) is 36.5 Å². The number of benzene rings is 2. The molecule has 1 aliphatic rings. The minimum Gasteiger partial charge on any atom is -0.493 e. The summed E-state index contributed by atoms with van der Waals surface area (Å²) in [6.07, 6.45) is 2.71. The van der Waals surface area contributed by atoms with Crippen molar-refractivity contribution in [1.29, 1.82) is 5.41 Å². The fourth-order valence-electron chi connectivity index (χ4n) is 4.20. The summed E-state index contributed by atoms with van der Waals surface area (Å²) < 4.78 is 33.0. The van der Waals surface area contributed by atoms with E-state index in [1.165, 1.54) is 12.1 Å². The summed E-state index contributed by atoms with van der Waals surface area (Å²) in [6.45, 7) is 2.56. The Hall–Kier alpha value is -2.89. The van der Waals surface area contributed by atoms with Crippen LogP contribution in [0, 0.1) is 5.41 Å². The molecule has 1 aliphatic heterocycles. The van der Waals surface area contributed by atoms with Gasteiger partial charge in [-0.1, -0.05) is 30.3 Å². The van der Waals surface area contributed by atoms with Gasteiger partial charge in [0.25, 0.3) is 0 Å². The minimum atomic E-state index is -3.87. The van der Waals surface area contributed by atoms with Crippen molar-refractivity contribution in [3.63, 3.8) is 0 Å². The first-order valence-corrected chi connectivity index (χ1v) is 15.2. The summed E-state index contributed by atoms with van der Waals surface area (Å²) in [6, 6.07) is 12.8. The molecule has 1 saturated heterocycles. The molecule has 0 saturated carbocycles. The van der Waals surface area contributed by atoms with E-state index in [0.717, 1.165) is 28.7 Å². The zero-order valence-corrected chi connectivity index (χ0v) is 23.1. The summed E-state index contributed by atoms with van der Waals surface area (Å²) in [5.74, 6) is 0.696. The molecule has 2 aromatic rings. The first-order valence-electron chi connectivity index (χ1n) is 12.6. The van der Waals surface area contributed by atoms with E-state index < -0.39 is 34.0 Å². The van der Waals surface area contributed by atoms with Crippen LogP contribution in [0.25, 0.3) is 0 Å². The number of hydrogen-bond acceptors (Lipinski definition) is 7. The number of nitrogens with one attached hydrogen (secondary N) is 2. The van der Waals surface area contributed by atoms with Gasteiger partial charge in [-0.15, -0.1) is 0 Å². The second kappa shape index (κ2) is 14.3. The van der Waals surface area contributed by atoms with Gasteiger partial charge in [0, 0.05) is 24.4 Å². The van der Waals surface area contributed by atoms with Crippen molar-refractivity contribution in [3.8, 4) is 5.75 Å². The van der Waals surface area contributed by atoms with Crippen molar-refractivity contribution in [3.05, 3.63) is 60.2 Å². The maximum atomic E-state index is 13.1. The molecule has 11 heteroatoms. The van der Waals surface area contributed by atoms with Crippen molar-refractivity contribution >= 4 is 39.4 Å². The molecule has 2 aromatic carbocycles. The number of carboxylic acids is 1. The maximum absolute atomic E-state index is 13.1. The molecule has 0 aromatic heterocycles. The summed E-state index contributed by atoms with van der Waals surface area (Å²) in [4.78, 5) is 25.1. The molecule has 3 N–H and O–H groups in total. The summed E-state index contributed by atoms with van der Waals surface area (Å²) in [7, 11) is -3.87. The second-order valence-corrected chi connectivity index (χ2v) is 12.3. The van der Waals surface area contributed by atoms with E-state index >= 15 is 0 Å². The average Bonchev–Trinajstić information content (AvgIpc) is 3.40. The predicted octanol–water partition coefficient (Wildman–Crippen LogP) is 3.58. The van der Waals surface area contributed by atoms with Gasteiger partial charge in [-0.2, -0.15) is 16.1 Å². The van der Waals surface area contributed by atoms with Crippen molar-refractivity contribution < 1.29 is 27.9 Å². The van der Waals surface area contributed by atoms with E-state index in [1.807, 2.05) is 6.92 Å². The number of nitrogens with zero attached hydrogens (tertiary/aromatic N) is 1. The predicted molar refractivity (Wildman–Crippen MR) is 149 cm³/mol. The SMILES string of the molecule is CC(=N)CCCSCCOc1ccc(CC(NC(=O)[C@@H]2CCCN2S(=O)(=O)c2ccccc2)C(=O)O)cc1. The molecule has 206 valence electrons. The third-order valence-electron chi connectivity index (χ3n) is 6.17. The lowest BCUT2D eigenvalue weighted by Crippen LogP contribution is -2.51. The smallest absolute Gasteiger partial charge is 0.326 e. The molecule has 1 fully saturated rings. The van der Waals surface area contributed by atoms with Gasteiger partial charge in [-0.3, -0.25) is 4.79 Å². The number of aliphatic carboxylic acids is 1. The molecule has 3 rings (SSSR count). The zero-order valence-electron chi connectivity index (χ0n) is 21.5. The molecule has 2 atom stereocenters. The number of amides is 1. The summed E-state index contributed by atoms with van der Waals surface area (Å²) in [5.41, 5.74) is 1.41. The fourth-order valence-corrected chi connectivity index (χ4v) is 6.63. The van der Waals surface area contributed by atoms with Gasteiger partial charge in [0.2, 0.25) is 15.9 Å². The molecule has 38 heavy (non-hydrogen) atoms. The molecule has 1 unspecified atom stereocenters. The van der Waals surface area contributed by atoms with Gasteiger partial charge < -0.3 is 20.6 Å². The topological polar surface area (TPSA) is 137 Å². The molecule has 9 nitrogen and oxygen atoms in total. The highest BCUT2D eigenvalue weighted by Gasteiger charge is 2.40. The first kappa shape index (κ1) is 29.7. The van der Waals surface area contributed by atoms with Gasteiger partial charge in [-0.05, 0) is 68.2 Å². The minimum absolute atomic E-state index is 0.0573. The molecular formula is C27H35N3O6S2. The van der Waals surface area contributed by atoms with Gasteiger partial charge in [0.05, 0.1) is 11.5 Å². The Morgan fingerprint density at radius 1 is 1.16 bits per heavy atom. The maximum Gasteiger partial charge on any atom is 0.326 e. The second-order valence-electron chi connectivity index (χ2n) is 9.18. The normalized spacial score (nSPS) is 16.6. The van der Waals surface area contributed by atoms with Crippen LogP contribution in [0.5, 0.6) is 5.75 Å². The standard InChI is InChI=1S/C27H35N3O6S2/c1-20(28)7-6-17-37-18-16-36-22-13-11-21(12-14-22)19-24(27(32)33)29-26(31)25-10-5-15-30(25)38(34,35)23-8-3-2-4-9-23/h2-4,8-9,11-14,24-25,28H,5-7,10,15-19H2,1H3,(H,29,31)(H,32,33)/t24?,25-/m0/s1. The fraction of sp³-hybridized carbons (Fsp3) is 0.444. The summed E-state index contributed by atoms with van der Waals surface area (Å²) >= 11 is 1.78. The Bertz CT molecular complexity index is 1190. The van der Waals surface area contributed by atoms with Crippen molar-refractivity contribution in [1.82, 2.24) is 9.62 Å². The van der Waals surface area contributed by atoms with E-state index in [-0.39, 0.29) is 17.9 Å². The van der Waals surface area contributed by atoms with Crippen LogP contribution in [0.4, 0.5) is 0 Å². The van der Waals surface area contributed by atoms with Crippen molar-refractivity contribution in [2.75, 3.05) is 24.7 Å². The highest BCUT2D eigenvalue weighted by atomic mass is 32.2. The van der Waals surface area contributed by atoms with E-state index in [9.17, 15) is 23.1 Å². The van der Waals surface area contributed by atoms with Crippen LogP contribution in [0.15, 0.2) is 59.5 Å². The molecule has 1 amide bonds. The number of sulfonamides is 1. The van der Waals surface area contributed by atoms with Gasteiger partial charge in [0.15, 0.2) is 0 Å². The number of carboxylic acid groups (broad SMARTS) is 1. The monoisotopic (exact) mass is 561 g/mol. The third kappa shape index (κ3) is 8.57. The number of hydrogen-bond donors (Lipinski definition) is 3. The molecule has 0 radical (unpaired) electrons. The zero-order chi connectivity index (χ0) is 27.5. The number of thioether (sulfide) groups is 1. The van der Waals surface area contributed by atoms with E-state index in [2.05, 4.69) is 5.32 Å². The molecule has 0 spiro atoms. The van der Waals surface area contributed by atoms with E-state index in [1.54, 1.807) is 54.2 Å². The number of carbonyl (C=O) groups excluding carboxylic acids is 1. The van der Waals surface area contributed by atoms with E-state index in [4.69, 9.17) is 10.1 Å². The van der Waals surface area contributed by atoms with Crippen LogP contribution in [-0.2, 0) is 26.0 Å². The number of carbonyl (C=O) groups is 2. The Morgan fingerprint density at radius 3 is 2.53 bits per heavy atom. The van der Waals surface area contributed by atoms with Crippen LogP contribution >= 0.6 is 11.8 Å². The van der Waals surface area contributed by atoms with Crippen molar-refractivity contribution in [2.45, 2.75) is 56.0 Å². The summed E-state index contributed by atoms with van der Waals surface area (Å²) in [5, 5.41) is 19.7. The van der Waals surface area contributed by atoms with Crippen LogP contribution in [0.2, 0.25) is 0 Å². The lowest BCUT2D eigenvalue weighted by atomic mass is 10.1. The van der Waals surface area contributed by atoms with Gasteiger partial charge in [0.1, 0.15) is 17.8 Å². The van der Waals surface area contributed by atoms with Crippen LogP contribution < -0.4 is 10.1 Å². The molecule has 0 bridgehead atoms. The van der Waals surface area contributed by atoms with Crippen LogP contribution in [0.1, 0.15) is 38.2 Å². The molecule has 1 heterocycles. The highest BCUT2D eigenvalue weighted by Crippen LogP contribution is 2.26. The Labute approximate surface area is 228 Å².